The third-order valence-corrected chi connectivity index (χ3v) is 9.59. The van der Waals surface area contributed by atoms with E-state index in [9.17, 15) is 14.4 Å². The zero-order valence-corrected chi connectivity index (χ0v) is 27.7. The maximum atomic E-state index is 14.2. The third kappa shape index (κ3) is 5.69. The molecule has 11 heteroatoms. The lowest BCUT2D eigenvalue weighted by atomic mass is 9.98. The molecule has 1 spiro atoms. The summed E-state index contributed by atoms with van der Waals surface area (Å²) in [6.45, 7) is 8.63. The Hall–Kier alpha value is -4.57. The lowest BCUT2D eigenvalue weighted by Crippen LogP contribution is -2.62. The first-order valence-corrected chi connectivity index (χ1v) is 16.4. The molecule has 3 aliphatic rings. The Bertz CT molecular complexity index is 1900. The van der Waals surface area contributed by atoms with Crippen molar-refractivity contribution in [2.24, 2.45) is 0 Å². The Morgan fingerprint density at radius 3 is 2.30 bits per heavy atom. The summed E-state index contributed by atoms with van der Waals surface area (Å²) in [5.41, 5.74) is 3.57. The SMILES string of the molecule is CC(NC(=O)OCC1c2ccccc2-c2ccccc21)c1nc2cccc(Cl)c2c(=O)n1N1CCN(C(=O)OC(C)(C)C)C2(CC2)C1. The lowest BCUT2D eigenvalue weighted by molar-refractivity contribution is 0.00888. The number of carbonyl (C=O) groups is 2. The van der Waals surface area contributed by atoms with E-state index in [-0.39, 0.29) is 24.2 Å². The highest BCUT2D eigenvalue weighted by atomic mass is 35.5. The normalized spacial score (nSPS) is 17.3. The van der Waals surface area contributed by atoms with Crippen LogP contribution in [0.3, 0.4) is 0 Å². The molecule has 1 N–H and O–H groups in total. The van der Waals surface area contributed by atoms with Crippen LogP contribution in [0.1, 0.15) is 69.4 Å². The van der Waals surface area contributed by atoms with E-state index >= 15 is 0 Å². The van der Waals surface area contributed by atoms with Gasteiger partial charge in [-0.15, -0.1) is 0 Å². The molecule has 244 valence electrons. The van der Waals surface area contributed by atoms with Crippen molar-refractivity contribution in [2.45, 2.75) is 63.6 Å². The number of alkyl carbamates (subject to hydrolysis) is 1. The van der Waals surface area contributed by atoms with Crippen LogP contribution in [-0.2, 0) is 9.47 Å². The Kier molecular flexibility index (Phi) is 7.66. The molecule has 2 amide bonds. The molecule has 0 bridgehead atoms. The van der Waals surface area contributed by atoms with Crippen molar-refractivity contribution < 1.29 is 19.1 Å². The third-order valence-electron chi connectivity index (χ3n) is 9.27. The van der Waals surface area contributed by atoms with E-state index < -0.39 is 23.3 Å². The van der Waals surface area contributed by atoms with Gasteiger partial charge in [0.2, 0.25) is 0 Å². The molecule has 3 aromatic carbocycles. The largest absolute Gasteiger partial charge is 0.449 e. The van der Waals surface area contributed by atoms with Gasteiger partial charge in [-0.3, -0.25) is 9.69 Å². The minimum absolute atomic E-state index is 0.0847. The smallest absolute Gasteiger partial charge is 0.410 e. The number of amides is 2. The molecule has 1 aliphatic heterocycles. The molecular weight excluding hydrogens is 618 g/mol. The summed E-state index contributed by atoms with van der Waals surface area (Å²) in [6.07, 6.45) is 0.622. The van der Waals surface area contributed by atoms with Crippen LogP contribution in [0.4, 0.5) is 9.59 Å². The number of aromatic nitrogens is 2. The van der Waals surface area contributed by atoms with Gasteiger partial charge in [-0.2, -0.15) is 0 Å². The van der Waals surface area contributed by atoms with Gasteiger partial charge in [0.05, 0.1) is 40.6 Å². The Labute approximate surface area is 278 Å². The van der Waals surface area contributed by atoms with E-state index in [1.807, 2.05) is 50.0 Å². The Morgan fingerprint density at radius 2 is 1.66 bits per heavy atom. The maximum absolute atomic E-state index is 14.2. The summed E-state index contributed by atoms with van der Waals surface area (Å²) in [5, 5.41) is 5.42. The van der Waals surface area contributed by atoms with Crippen molar-refractivity contribution in [3.63, 3.8) is 0 Å². The van der Waals surface area contributed by atoms with Crippen LogP contribution in [0, 0.1) is 0 Å². The summed E-state index contributed by atoms with van der Waals surface area (Å²) < 4.78 is 13.0. The van der Waals surface area contributed by atoms with Crippen LogP contribution < -0.4 is 15.9 Å². The molecule has 1 saturated heterocycles. The van der Waals surface area contributed by atoms with Crippen molar-refractivity contribution in [3.05, 3.63) is 99.1 Å². The Balaban J connectivity index is 1.14. The van der Waals surface area contributed by atoms with Crippen molar-refractivity contribution in [1.29, 1.82) is 0 Å². The predicted molar refractivity (Wildman–Crippen MR) is 180 cm³/mol. The van der Waals surface area contributed by atoms with E-state index in [1.54, 1.807) is 30.0 Å². The van der Waals surface area contributed by atoms with Crippen LogP contribution in [0.25, 0.3) is 22.0 Å². The number of hydrogen-bond acceptors (Lipinski definition) is 7. The van der Waals surface area contributed by atoms with Crippen LogP contribution in [-0.4, -0.2) is 64.1 Å². The minimum atomic E-state index is -0.694. The summed E-state index contributed by atoms with van der Waals surface area (Å²) in [5.74, 6) is 0.262. The molecule has 1 unspecified atom stereocenters. The first kappa shape index (κ1) is 31.1. The lowest BCUT2D eigenvalue weighted by Gasteiger charge is -2.44. The predicted octanol–water partition coefficient (Wildman–Crippen LogP) is 6.37. The van der Waals surface area contributed by atoms with Crippen LogP contribution in [0.5, 0.6) is 0 Å². The molecule has 7 rings (SSSR count). The number of nitrogens with one attached hydrogen (secondary N) is 1. The molecule has 1 aromatic heterocycles. The molecule has 0 radical (unpaired) electrons. The van der Waals surface area contributed by atoms with Gasteiger partial charge in [0.1, 0.15) is 12.2 Å². The van der Waals surface area contributed by atoms with Crippen molar-refractivity contribution in [3.8, 4) is 11.1 Å². The highest BCUT2D eigenvalue weighted by Gasteiger charge is 2.55. The van der Waals surface area contributed by atoms with E-state index in [0.717, 1.165) is 35.1 Å². The fraction of sp³-hybridized carbons (Fsp3) is 0.389. The number of rotatable bonds is 5. The van der Waals surface area contributed by atoms with Gasteiger partial charge in [-0.05, 0) is 74.9 Å². The first-order chi connectivity index (χ1) is 22.5. The quantitative estimate of drug-likeness (QED) is 0.266. The molecule has 1 saturated carbocycles. The number of carbonyl (C=O) groups excluding carboxylic acids is 2. The second-order valence-corrected chi connectivity index (χ2v) is 14.1. The highest BCUT2D eigenvalue weighted by molar-refractivity contribution is 6.35. The molecule has 10 nitrogen and oxygen atoms in total. The maximum Gasteiger partial charge on any atom is 0.410 e. The van der Waals surface area contributed by atoms with Gasteiger partial charge < -0.3 is 19.8 Å². The van der Waals surface area contributed by atoms with E-state index in [2.05, 4.69) is 29.6 Å². The average molecular weight is 656 g/mol. The van der Waals surface area contributed by atoms with E-state index in [4.69, 9.17) is 26.1 Å². The van der Waals surface area contributed by atoms with Crippen LogP contribution >= 0.6 is 11.6 Å². The number of hydrogen-bond donors (Lipinski definition) is 1. The standard InChI is InChI=1S/C36H38ClN5O5/c1-22(38-33(44)46-20-27-25-12-7-5-10-23(25)24-11-6-8-13-26(24)27)31-39-29-15-9-14-28(37)30(29)32(43)42(31)40-18-19-41(36(21-40)16-17-36)34(45)47-35(2,3)4/h5-15,22,27H,16-21H2,1-4H3,(H,38,44). The van der Waals surface area contributed by atoms with E-state index in [0.29, 0.717) is 41.4 Å². The molecule has 2 aliphatic carbocycles. The number of fused-ring (bicyclic) bond motifs is 4. The number of ether oxygens (including phenoxy) is 2. The van der Waals surface area contributed by atoms with Crippen molar-refractivity contribution in [1.82, 2.24) is 19.9 Å². The van der Waals surface area contributed by atoms with Crippen LogP contribution in [0.2, 0.25) is 5.02 Å². The first-order valence-electron chi connectivity index (χ1n) is 16.0. The molecular formula is C36H38ClN5O5. The van der Waals surface area contributed by atoms with Gasteiger partial charge in [0.15, 0.2) is 5.82 Å². The summed E-state index contributed by atoms with van der Waals surface area (Å²) in [4.78, 5) is 47.2. The molecule has 2 heterocycles. The fourth-order valence-electron chi connectivity index (χ4n) is 6.94. The molecule has 1 atom stereocenters. The van der Waals surface area contributed by atoms with Gasteiger partial charge in [0, 0.05) is 12.5 Å². The topological polar surface area (TPSA) is 106 Å². The average Bonchev–Trinajstić information content (AvgIpc) is 3.70. The minimum Gasteiger partial charge on any atom is -0.449 e. The van der Waals surface area contributed by atoms with Crippen molar-refractivity contribution in [2.75, 3.05) is 31.3 Å². The molecule has 2 fully saturated rings. The fourth-order valence-corrected chi connectivity index (χ4v) is 7.19. The van der Waals surface area contributed by atoms with Crippen molar-refractivity contribution >= 4 is 34.7 Å². The zero-order chi connectivity index (χ0) is 33.1. The highest BCUT2D eigenvalue weighted by Crippen LogP contribution is 2.45. The van der Waals surface area contributed by atoms with Gasteiger partial charge in [-0.25, -0.2) is 19.2 Å². The molecule has 47 heavy (non-hydrogen) atoms. The second-order valence-electron chi connectivity index (χ2n) is 13.7. The van der Waals surface area contributed by atoms with Gasteiger partial charge >= 0.3 is 12.2 Å². The number of piperazine rings is 1. The zero-order valence-electron chi connectivity index (χ0n) is 27.0. The summed E-state index contributed by atoms with van der Waals surface area (Å²) >= 11 is 6.53. The summed E-state index contributed by atoms with van der Waals surface area (Å²) in [6, 6.07) is 20.8. The van der Waals surface area contributed by atoms with E-state index in [1.165, 1.54) is 4.68 Å². The Morgan fingerprint density at radius 1 is 1.00 bits per heavy atom. The monoisotopic (exact) mass is 655 g/mol. The molecule has 4 aromatic rings. The summed E-state index contributed by atoms with van der Waals surface area (Å²) in [7, 11) is 0. The van der Waals surface area contributed by atoms with Crippen LogP contribution in [0.15, 0.2) is 71.5 Å². The van der Waals surface area contributed by atoms with Gasteiger partial charge in [0.25, 0.3) is 5.56 Å². The number of nitrogens with zero attached hydrogens (tertiary/aromatic N) is 4. The number of halogens is 1. The number of benzene rings is 3. The van der Waals surface area contributed by atoms with Gasteiger partial charge in [-0.1, -0.05) is 66.2 Å². The second kappa shape index (κ2) is 11.6.